The van der Waals surface area contributed by atoms with E-state index in [0.29, 0.717) is 27.7 Å². The van der Waals surface area contributed by atoms with Gasteiger partial charge in [0.05, 0.1) is 16.1 Å². The van der Waals surface area contributed by atoms with Gasteiger partial charge in [0.1, 0.15) is 11.6 Å². The highest BCUT2D eigenvalue weighted by atomic mass is 35.7. The Kier molecular flexibility index (Phi) is 4.91. The molecule has 1 aliphatic carbocycles. The van der Waals surface area contributed by atoms with Crippen LogP contribution in [0.1, 0.15) is 24.3 Å². The number of pyridine rings is 1. The second-order valence-electron chi connectivity index (χ2n) is 7.87. The predicted octanol–water partition coefficient (Wildman–Crippen LogP) is 5.74. The maximum Gasteiger partial charge on any atom is 0.261 e. The number of halogens is 3. The number of nitrogens with zero attached hydrogens (tertiary/aromatic N) is 1. The average molecular weight is 472 g/mol. The van der Waals surface area contributed by atoms with Crippen molar-refractivity contribution in [1.29, 1.82) is 0 Å². The lowest BCUT2D eigenvalue weighted by Gasteiger charge is -2.16. The van der Waals surface area contributed by atoms with Crippen LogP contribution in [-0.2, 0) is 9.05 Å². The van der Waals surface area contributed by atoms with Crippen LogP contribution in [-0.4, -0.2) is 13.0 Å². The molecule has 4 nitrogen and oxygen atoms in total. The molecule has 1 aliphatic rings. The van der Waals surface area contributed by atoms with Gasteiger partial charge < -0.3 is 0 Å². The van der Waals surface area contributed by atoms with Crippen LogP contribution in [0.5, 0.6) is 0 Å². The van der Waals surface area contributed by atoms with Crippen molar-refractivity contribution < 1.29 is 17.2 Å². The molecule has 3 aromatic carbocycles. The predicted molar refractivity (Wildman–Crippen MR) is 120 cm³/mol. The number of benzene rings is 3. The summed E-state index contributed by atoms with van der Waals surface area (Å²) in [7, 11) is 1.56. The number of rotatable bonds is 4. The zero-order valence-corrected chi connectivity index (χ0v) is 18.1. The molecule has 0 amide bonds. The first-order valence-electron chi connectivity index (χ1n) is 9.92. The zero-order chi connectivity index (χ0) is 22.6. The molecule has 4 aromatic rings. The molecule has 0 spiro atoms. The molecular weight excluding hydrogens is 456 g/mol. The van der Waals surface area contributed by atoms with E-state index in [4.69, 9.17) is 10.7 Å². The molecule has 8 heteroatoms. The van der Waals surface area contributed by atoms with Crippen LogP contribution in [0, 0.1) is 11.6 Å². The third kappa shape index (κ3) is 3.82. The van der Waals surface area contributed by atoms with Gasteiger partial charge in [-0.1, -0.05) is 6.07 Å². The van der Waals surface area contributed by atoms with Crippen LogP contribution in [0.15, 0.2) is 76.4 Å². The monoisotopic (exact) mass is 471 g/mol. The van der Waals surface area contributed by atoms with Crippen molar-refractivity contribution in [3.05, 3.63) is 94.3 Å². The molecule has 1 saturated carbocycles. The summed E-state index contributed by atoms with van der Waals surface area (Å²) in [6, 6.07) is 16.0. The number of hydrogen-bond acceptors (Lipinski definition) is 3. The van der Waals surface area contributed by atoms with Gasteiger partial charge in [-0.3, -0.25) is 9.36 Å². The van der Waals surface area contributed by atoms with E-state index in [1.54, 1.807) is 24.3 Å². The summed E-state index contributed by atoms with van der Waals surface area (Å²) in [6.45, 7) is 0. The SMILES string of the molecule is O=c1ccc2cc(S(=O)(=O)Cl)ccc2n1-c1ccc(-c2cc(F)cc(F)c2)cc1C1CC1. The molecule has 0 aliphatic heterocycles. The Balaban J connectivity index is 1.73. The minimum absolute atomic E-state index is 0.0530. The van der Waals surface area contributed by atoms with Gasteiger partial charge in [0.25, 0.3) is 14.6 Å². The van der Waals surface area contributed by atoms with Gasteiger partial charge in [-0.15, -0.1) is 0 Å². The summed E-state index contributed by atoms with van der Waals surface area (Å²) in [5, 5.41) is 0.546. The van der Waals surface area contributed by atoms with Crippen LogP contribution in [0.25, 0.3) is 27.7 Å². The second-order valence-corrected chi connectivity index (χ2v) is 10.4. The minimum Gasteiger partial charge on any atom is -0.277 e. The second kappa shape index (κ2) is 7.53. The Hall–Kier alpha value is -3.03. The normalized spacial score (nSPS) is 14.1. The summed E-state index contributed by atoms with van der Waals surface area (Å²) >= 11 is 0. The van der Waals surface area contributed by atoms with Crippen LogP contribution >= 0.6 is 10.7 Å². The molecule has 1 fully saturated rings. The highest BCUT2D eigenvalue weighted by Crippen LogP contribution is 2.44. The molecule has 1 aromatic heterocycles. The molecule has 0 bridgehead atoms. The van der Waals surface area contributed by atoms with Gasteiger partial charge in [0.15, 0.2) is 0 Å². The van der Waals surface area contributed by atoms with Gasteiger partial charge in [0, 0.05) is 28.2 Å². The standard InChI is InChI=1S/C24H16ClF2NO3S/c25-32(30,31)20-5-7-22-16(11-20)4-8-24(29)28(22)23-6-3-15(12-21(23)14-1-2-14)17-9-18(26)13-19(27)10-17/h3-14H,1-2H2. The molecule has 0 atom stereocenters. The van der Waals surface area contributed by atoms with Gasteiger partial charge in [-0.25, -0.2) is 17.2 Å². The van der Waals surface area contributed by atoms with Crippen molar-refractivity contribution in [2.75, 3.05) is 0 Å². The van der Waals surface area contributed by atoms with Crippen molar-refractivity contribution in [2.24, 2.45) is 0 Å². The molecule has 0 unspecified atom stereocenters. The molecule has 162 valence electrons. The fourth-order valence-electron chi connectivity index (χ4n) is 4.00. The molecule has 1 heterocycles. The number of hydrogen-bond donors (Lipinski definition) is 0. The van der Waals surface area contributed by atoms with E-state index in [-0.39, 0.29) is 16.4 Å². The number of aromatic nitrogens is 1. The first-order chi connectivity index (χ1) is 15.2. The van der Waals surface area contributed by atoms with E-state index in [1.807, 2.05) is 6.07 Å². The van der Waals surface area contributed by atoms with E-state index in [0.717, 1.165) is 24.5 Å². The minimum atomic E-state index is -3.91. The lowest BCUT2D eigenvalue weighted by Crippen LogP contribution is -2.18. The average Bonchev–Trinajstić information content (AvgIpc) is 3.57. The first-order valence-corrected chi connectivity index (χ1v) is 12.2. The zero-order valence-electron chi connectivity index (χ0n) is 16.6. The van der Waals surface area contributed by atoms with Gasteiger partial charge in [0.2, 0.25) is 0 Å². The van der Waals surface area contributed by atoms with E-state index in [9.17, 15) is 22.0 Å². The van der Waals surface area contributed by atoms with Crippen molar-refractivity contribution in [2.45, 2.75) is 23.7 Å². The van der Waals surface area contributed by atoms with E-state index in [1.165, 1.54) is 34.9 Å². The highest BCUT2D eigenvalue weighted by Gasteiger charge is 2.28. The van der Waals surface area contributed by atoms with E-state index < -0.39 is 20.7 Å². The van der Waals surface area contributed by atoms with Gasteiger partial charge >= 0.3 is 0 Å². The van der Waals surface area contributed by atoms with Crippen LogP contribution in [0.2, 0.25) is 0 Å². The summed E-state index contributed by atoms with van der Waals surface area (Å²) in [5.74, 6) is -1.09. The van der Waals surface area contributed by atoms with Gasteiger partial charge in [-0.2, -0.15) is 0 Å². The van der Waals surface area contributed by atoms with E-state index in [2.05, 4.69) is 0 Å². The fourth-order valence-corrected chi connectivity index (χ4v) is 4.79. The van der Waals surface area contributed by atoms with Crippen LogP contribution < -0.4 is 5.56 Å². The van der Waals surface area contributed by atoms with Crippen LogP contribution in [0.4, 0.5) is 8.78 Å². The maximum absolute atomic E-state index is 13.7. The largest absolute Gasteiger partial charge is 0.277 e. The molecule has 32 heavy (non-hydrogen) atoms. The fraction of sp³-hybridized carbons (Fsp3) is 0.125. The Morgan fingerprint density at radius 3 is 2.22 bits per heavy atom. The Bertz CT molecular complexity index is 1540. The van der Waals surface area contributed by atoms with Crippen molar-refractivity contribution in [1.82, 2.24) is 4.57 Å². The Labute approximate surface area is 187 Å². The summed E-state index contributed by atoms with van der Waals surface area (Å²) < 4.78 is 52.4. The first kappa shape index (κ1) is 20.8. The lowest BCUT2D eigenvalue weighted by molar-refractivity contribution is 0.584. The quantitative estimate of drug-likeness (QED) is 0.356. The molecular formula is C24H16ClF2NO3S. The smallest absolute Gasteiger partial charge is 0.261 e. The van der Waals surface area contributed by atoms with Crippen molar-refractivity contribution in [3.8, 4) is 16.8 Å². The van der Waals surface area contributed by atoms with Crippen molar-refractivity contribution in [3.63, 3.8) is 0 Å². The lowest BCUT2D eigenvalue weighted by atomic mass is 9.98. The topological polar surface area (TPSA) is 56.1 Å². The summed E-state index contributed by atoms with van der Waals surface area (Å²) in [4.78, 5) is 12.8. The summed E-state index contributed by atoms with van der Waals surface area (Å²) in [6.07, 6.45) is 1.89. The number of fused-ring (bicyclic) bond motifs is 1. The summed E-state index contributed by atoms with van der Waals surface area (Å²) in [5.41, 5.74) is 2.88. The molecule has 0 saturated heterocycles. The molecule has 0 N–H and O–H groups in total. The third-order valence-electron chi connectivity index (χ3n) is 5.63. The Morgan fingerprint density at radius 1 is 0.844 bits per heavy atom. The van der Waals surface area contributed by atoms with Crippen LogP contribution in [0.3, 0.4) is 0 Å². The van der Waals surface area contributed by atoms with Crippen molar-refractivity contribution >= 4 is 30.6 Å². The third-order valence-corrected chi connectivity index (χ3v) is 6.98. The van der Waals surface area contributed by atoms with Gasteiger partial charge in [-0.05, 0) is 84.0 Å². The molecule has 0 radical (unpaired) electrons. The maximum atomic E-state index is 13.7. The van der Waals surface area contributed by atoms with E-state index >= 15 is 0 Å². The highest BCUT2D eigenvalue weighted by molar-refractivity contribution is 8.13. The Morgan fingerprint density at radius 2 is 1.56 bits per heavy atom. The molecule has 5 rings (SSSR count).